The fourth-order valence-corrected chi connectivity index (χ4v) is 1.06. The fourth-order valence-electron chi connectivity index (χ4n) is 0.946. The normalized spacial score (nSPS) is 9.56. The number of aromatic nitrogens is 1. The van der Waals surface area contributed by atoms with Crippen molar-refractivity contribution < 1.29 is 14.7 Å². The maximum atomic E-state index is 11.4. The van der Waals surface area contributed by atoms with E-state index in [0.717, 1.165) is 0 Å². The van der Waals surface area contributed by atoms with Crippen LogP contribution in [-0.4, -0.2) is 35.2 Å². The molecule has 6 nitrogen and oxygen atoms in total. The second-order valence-electron chi connectivity index (χ2n) is 2.85. The maximum Gasteiger partial charge on any atom is 0.404 e. The van der Waals surface area contributed by atoms with Gasteiger partial charge in [0.25, 0.3) is 5.91 Å². The van der Waals surface area contributed by atoms with Crippen LogP contribution in [0, 0.1) is 0 Å². The predicted molar refractivity (Wildman–Crippen MR) is 57.6 cm³/mol. The number of carboxylic acid groups (broad SMARTS) is 1. The molecular formula is C9H10ClN3O3. The number of hydrogen-bond acceptors (Lipinski definition) is 3. The molecule has 1 aromatic rings. The van der Waals surface area contributed by atoms with Crippen LogP contribution in [0.25, 0.3) is 0 Å². The van der Waals surface area contributed by atoms with Crippen molar-refractivity contribution in [2.45, 2.75) is 0 Å². The van der Waals surface area contributed by atoms with E-state index in [1.165, 1.54) is 12.3 Å². The number of carbonyl (C=O) groups excluding carboxylic acids is 1. The summed E-state index contributed by atoms with van der Waals surface area (Å²) < 4.78 is 0. The first-order chi connectivity index (χ1) is 7.59. The van der Waals surface area contributed by atoms with Crippen LogP contribution in [0.4, 0.5) is 4.79 Å². The van der Waals surface area contributed by atoms with E-state index in [1.807, 2.05) is 0 Å². The Morgan fingerprint density at radius 3 is 2.56 bits per heavy atom. The van der Waals surface area contributed by atoms with Crippen molar-refractivity contribution in [3.63, 3.8) is 0 Å². The van der Waals surface area contributed by atoms with Crippen LogP contribution >= 0.6 is 11.6 Å². The summed E-state index contributed by atoms with van der Waals surface area (Å²) in [5.41, 5.74) is 0.236. The van der Waals surface area contributed by atoms with Gasteiger partial charge in [0.05, 0.1) is 5.02 Å². The number of nitrogens with one attached hydrogen (secondary N) is 2. The molecule has 86 valence electrons. The lowest BCUT2D eigenvalue weighted by Crippen LogP contribution is -2.34. The summed E-state index contributed by atoms with van der Waals surface area (Å²) in [6, 6.07) is 3.04. The topological polar surface area (TPSA) is 91.3 Å². The summed E-state index contributed by atoms with van der Waals surface area (Å²) in [7, 11) is 0. The summed E-state index contributed by atoms with van der Waals surface area (Å²) in [5.74, 6) is -0.371. The molecule has 16 heavy (non-hydrogen) atoms. The SMILES string of the molecule is O=C(O)NCCNC(=O)c1ccc(Cl)cn1. The Hall–Kier alpha value is -1.82. The van der Waals surface area contributed by atoms with Crippen LogP contribution < -0.4 is 10.6 Å². The minimum Gasteiger partial charge on any atom is -0.465 e. The summed E-state index contributed by atoms with van der Waals surface area (Å²) in [6.45, 7) is 0.351. The lowest BCUT2D eigenvalue weighted by molar-refractivity contribution is 0.0948. The summed E-state index contributed by atoms with van der Waals surface area (Å²) in [4.78, 5) is 25.3. The van der Waals surface area contributed by atoms with Crippen LogP contribution in [0.1, 0.15) is 10.5 Å². The lowest BCUT2D eigenvalue weighted by Gasteiger charge is -2.04. The average Bonchev–Trinajstić information content (AvgIpc) is 2.25. The van der Waals surface area contributed by atoms with Crippen LogP contribution in [0.5, 0.6) is 0 Å². The number of rotatable bonds is 4. The van der Waals surface area contributed by atoms with E-state index in [1.54, 1.807) is 6.07 Å². The van der Waals surface area contributed by atoms with E-state index in [-0.39, 0.29) is 24.7 Å². The molecule has 0 saturated heterocycles. The number of nitrogens with zero attached hydrogens (tertiary/aromatic N) is 1. The fraction of sp³-hybridized carbons (Fsp3) is 0.222. The van der Waals surface area contributed by atoms with Gasteiger partial charge in [-0.05, 0) is 12.1 Å². The van der Waals surface area contributed by atoms with Crippen molar-refractivity contribution in [2.75, 3.05) is 13.1 Å². The first-order valence-electron chi connectivity index (χ1n) is 4.46. The van der Waals surface area contributed by atoms with Crippen molar-refractivity contribution in [1.82, 2.24) is 15.6 Å². The van der Waals surface area contributed by atoms with Gasteiger partial charge < -0.3 is 15.7 Å². The molecule has 0 aliphatic rings. The Labute approximate surface area is 96.6 Å². The van der Waals surface area contributed by atoms with Gasteiger partial charge in [-0.3, -0.25) is 4.79 Å². The van der Waals surface area contributed by atoms with Gasteiger partial charge in [0.2, 0.25) is 0 Å². The summed E-state index contributed by atoms with van der Waals surface area (Å²) >= 11 is 5.61. The molecule has 0 saturated carbocycles. The van der Waals surface area contributed by atoms with Gasteiger partial charge in [0.1, 0.15) is 5.69 Å². The first kappa shape index (κ1) is 12.3. The van der Waals surface area contributed by atoms with E-state index < -0.39 is 6.09 Å². The number of carbonyl (C=O) groups is 2. The molecule has 0 aliphatic heterocycles. The number of halogens is 1. The highest BCUT2D eigenvalue weighted by atomic mass is 35.5. The second kappa shape index (κ2) is 5.92. The Morgan fingerprint density at radius 2 is 2.00 bits per heavy atom. The molecule has 0 spiro atoms. The van der Waals surface area contributed by atoms with Crippen LogP contribution in [0.3, 0.4) is 0 Å². The molecule has 1 rings (SSSR count). The van der Waals surface area contributed by atoms with Crippen LogP contribution in [0.15, 0.2) is 18.3 Å². The van der Waals surface area contributed by atoms with Crippen molar-refractivity contribution >= 4 is 23.6 Å². The van der Waals surface area contributed by atoms with Crippen molar-refractivity contribution in [1.29, 1.82) is 0 Å². The number of amides is 2. The monoisotopic (exact) mass is 243 g/mol. The van der Waals surface area contributed by atoms with Gasteiger partial charge in [0.15, 0.2) is 0 Å². The smallest absolute Gasteiger partial charge is 0.404 e. The minimum absolute atomic E-state index is 0.147. The molecule has 0 aromatic carbocycles. The van der Waals surface area contributed by atoms with E-state index in [0.29, 0.717) is 5.02 Å². The molecule has 3 N–H and O–H groups in total. The van der Waals surface area contributed by atoms with Gasteiger partial charge in [0, 0.05) is 19.3 Å². The van der Waals surface area contributed by atoms with E-state index >= 15 is 0 Å². The van der Waals surface area contributed by atoms with Gasteiger partial charge in [-0.1, -0.05) is 11.6 Å². The van der Waals surface area contributed by atoms with Crippen LogP contribution in [-0.2, 0) is 0 Å². The third kappa shape index (κ3) is 4.14. The highest BCUT2D eigenvalue weighted by Gasteiger charge is 2.05. The molecule has 0 fully saturated rings. The standard InChI is InChI=1S/C9H10ClN3O3/c10-6-1-2-7(13-5-6)8(14)11-3-4-12-9(15)16/h1-2,5,12H,3-4H2,(H,11,14)(H,15,16). The molecule has 1 heterocycles. The zero-order valence-electron chi connectivity index (χ0n) is 8.24. The van der Waals surface area contributed by atoms with E-state index in [2.05, 4.69) is 15.6 Å². The van der Waals surface area contributed by atoms with Gasteiger partial charge in [-0.2, -0.15) is 0 Å². The number of pyridine rings is 1. The lowest BCUT2D eigenvalue weighted by atomic mass is 10.3. The van der Waals surface area contributed by atoms with Crippen LogP contribution in [0.2, 0.25) is 5.02 Å². The van der Waals surface area contributed by atoms with Crippen molar-refractivity contribution in [3.05, 3.63) is 29.0 Å². The molecule has 7 heteroatoms. The zero-order valence-corrected chi connectivity index (χ0v) is 8.99. The highest BCUT2D eigenvalue weighted by molar-refractivity contribution is 6.30. The van der Waals surface area contributed by atoms with Gasteiger partial charge >= 0.3 is 6.09 Å². The van der Waals surface area contributed by atoms with Gasteiger partial charge in [-0.25, -0.2) is 9.78 Å². The predicted octanol–water partition coefficient (Wildman–Crippen LogP) is 0.732. The molecule has 0 aliphatic carbocycles. The molecule has 0 atom stereocenters. The second-order valence-corrected chi connectivity index (χ2v) is 3.29. The number of hydrogen-bond donors (Lipinski definition) is 3. The largest absolute Gasteiger partial charge is 0.465 e. The minimum atomic E-state index is -1.13. The molecule has 2 amide bonds. The summed E-state index contributed by atoms with van der Waals surface area (Å²) in [5, 5.41) is 13.3. The molecule has 0 unspecified atom stereocenters. The van der Waals surface area contributed by atoms with E-state index in [4.69, 9.17) is 16.7 Å². The van der Waals surface area contributed by atoms with Gasteiger partial charge in [-0.15, -0.1) is 0 Å². The van der Waals surface area contributed by atoms with Crippen molar-refractivity contribution in [2.24, 2.45) is 0 Å². The Bertz CT molecular complexity index is 380. The highest BCUT2D eigenvalue weighted by Crippen LogP contribution is 2.05. The molecular weight excluding hydrogens is 234 g/mol. The first-order valence-corrected chi connectivity index (χ1v) is 4.84. The van der Waals surface area contributed by atoms with E-state index in [9.17, 15) is 9.59 Å². The molecule has 0 radical (unpaired) electrons. The summed E-state index contributed by atoms with van der Waals surface area (Å²) in [6.07, 6.45) is 0.241. The average molecular weight is 244 g/mol. The van der Waals surface area contributed by atoms with Crippen molar-refractivity contribution in [3.8, 4) is 0 Å². The maximum absolute atomic E-state index is 11.4. The Kier molecular flexibility index (Phi) is 4.53. The Balaban J connectivity index is 2.35. The third-order valence-electron chi connectivity index (χ3n) is 1.65. The third-order valence-corrected chi connectivity index (χ3v) is 1.87. The molecule has 1 aromatic heterocycles. The quantitative estimate of drug-likeness (QED) is 0.680. The molecule has 0 bridgehead atoms. The zero-order chi connectivity index (χ0) is 12.0. The Morgan fingerprint density at radius 1 is 1.31 bits per heavy atom.